The van der Waals surface area contributed by atoms with Gasteiger partial charge in [-0.2, -0.15) is 0 Å². The molecule has 2 aromatic rings. The lowest BCUT2D eigenvalue weighted by atomic mass is 10.2. The van der Waals surface area contributed by atoms with Gasteiger partial charge in [-0.05, 0) is 37.3 Å². The second kappa shape index (κ2) is 7.36. The fourth-order valence-electron chi connectivity index (χ4n) is 1.85. The van der Waals surface area contributed by atoms with Crippen LogP contribution in [0.1, 0.15) is 31.7 Å². The number of nitrogens with zero attached hydrogens (tertiary/aromatic N) is 2. The maximum Gasteiger partial charge on any atom is 0.157 e. The summed E-state index contributed by atoms with van der Waals surface area (Å²) < 4.78 is 5.43. The fourth-order valence-corrected chi connectivity index (χ4v) is 2.74. The summed E-state index contributed by atoms with van der Waals surface area (Å²) in [5.41, 5.74) is 2.22. The van der Waals surface area contributed by atoms with Crippen LogP contribution in [-0.4, -0.2) is 23.1 Å². The second-order valence-corrected chi connectivity index (χ2v) is 5.47. The van der Waals surface area contributed by atoms with Gasteiger partial charge < -0.3 is 10.1 Å². The van der Waals surface area contributed by atoms with Crippen molar-refractivity contribution in [1.29, 1.82) is 0 Å². The molecule has 108 valence electrons. The Morgan fingerprint density at radius 2 is 2.15 bits per heavy atom. The molecule has 2 aromatic heterocycles. The number of hydrogen-bond acceptors (Lipinski definition) is 5. The van der Waals surface area contributed by atoms with Gasteiger partial charge in [0.2, 0.25) is 0 Å². The molecule has 5 heteroatoms. The highest BCUT2D eigenvalue weighted by molar-refractivity contribution is 7.13. The molecular formula is C15H21N3OS. The number of hydrogen-bond donors (Lipinski definition) is 1. The van der Waals surface area contributed by atoms with Crippen LogP contribution in [0.3, 0.4) is 0 Å². The first-order valence-electron chi connectivity index (χ1n) is 6.98. The third kappa shape index (κ3) is 3.77. The van der Waals surface area contributed by atoms with E-state index in [0.717, 1.165) is 30.3 Å². The van der Waals surface area contributed by atoms with Gasteiger partial charge in [0.25, 0.3) is 0 Å². The first kappa shape index (κ1) is 14.9. The van der Waals surface area contributed by atoms with Crippen LogP contribution in [0.15, 0.2) is 17.5 Å². The normalized spacial score (nSPS) is 10.8. The van der Waals surface area contributed by atoms with Gasteiger partial charge in [-0.3, -0.25) is 0 Å². The van der Waals surface area contributed by atoms with Gasteiger partial charge in [0.15, 0.2) is 5.82 Å². The predicted octanol–water partition coefficient (Wildman–Crippen LogP) is 3.87. The predicted molar refractivity (Wildman–Crippen MR) is 84.2 cm³/mol. The Hall–Kier alpha value is -1.46. The summed E-state index contributed by atoms with van der Waals surface area (Å²) in [6.07, 6.45) is 1.07. The molecule has 0 saturated carbocycles. The topological polar surface area (TPSA) is 47.0 Å². The summed E-state index contributed by atoms with van der Waals surface area (Å²) >= 11 is 1.71. The Balaban J connectivity index is 2.32. The maximum absolute atomic E-state index is 5.43. The zero-order chi connectivity index (χ0) is 14.4. The molecule has 0 radical (unpaired) electrons. The van der Waals surface area contributed by atoms with E-state index < -0.39 is 0 Å². The number of rotatable bonds is 7. The molecule has 0 amide bonds. The molecule has 0 spiro atoms. The first-order chi connectivity index (χ1) is 9.74. The van der Waals surface area contributed by atoms with Crippen molar-refractivity contribution in [1.82, 2.24) is 9.97 Å². The summed E-state index contributed by atoms with van der Waals surface area (Å²) in [4.78, 5) is 10.3. The average molecular weight is 291 g/mol. The third-order valence-corrected chi connectivity index (χ3v) is 3.90. The van der Waals surface area contributed by atoms with E-state index in [0.29, 0.717) is 13.2 Å². The standard InChI is InChI=1S/C15H21N3OS/c1-4-7-16-13-9-12(15-11(3)6-8-20-15)17-14(18-13)10-19-5-2/h6,8-9H,4-5,7,10H2,1-3H3,(H,16,17,18). The van der Waals surface area contributed by atoms with E-state index in [1.807, 2.05) is 13.0 Å². The Bertz CT molecular complexity index is 528. The van der Waals surface area contributed by atoms with Crippen molar-refractivity contribution in [2.45, 2.75) is 33.8 Å². The Labute approximate surface area is 124 Å². The van der Waals surface area contributed by atoms with Gasteiger partial charge in [-0.25, -0.2) is 9.97 Å². The zero-order valence-corrected chi connectivity index (χ0v) is 13.1. The number of nitrogens with one attached hydrogen (secondary N) is 1. The molecule has 0 aromatic carbocycles. The van der Waals surface area contributed by atoms with Gasteiger partial charge in [0.05, 0.1) is 10.6 Å². The van der Waals surface area contributed by atoms with Crippen molar-refractivity contribution < 1.29 is 4.74 Å². The first-order valence-corrected chi connectivity index (χ1v) is 7.86. The molecule has 2 rings (SSSR count). The molecule has 2 heterocycles. The van der Waals surface area contributed by atoms with Gasteiger partial charge in [0, 0.05) is 19.2 Å². The van der Waals surface area contributed by atoms with E-state index in [2.05, 4.69) is 40.6 Å². The van der Waals surface area contributed by atoms with Crippen molar-refractivity contribution in [3.05, 3.63) is 28.9 Å². The molecule has 0 unspecified atom stereocenters. The molecule has 0 saturated heterocycles. The lowest BCUT2D eigenvalue weighted by Crippen LogP contribution is -2.07. The number of thiophene rings is 1. The molecule has 1 N–H and O–H groups in total. The summed E-state index contributed by atoms with van der Waals surface area (Å²) in [6.45, 7) is 8.26. The summed E-state index contributed by atoms with van der Waals surface area (Å²) in [5, 5.41) is 5.42. The highest BCUT2D eigenvalue weighted by Gasteiger charge is 2.10. The summed E-state index contributed by atoms with van der Waals surface area (Å²) in [5.74, 6) is 1.61. The van der Waals surface area contributed by atoms with E-state index in [1.54, 1.807) is 11.3 Å². The molecule has 0 aliphatic rings. The van der Waals surface area contributed by atoms with E-state index in [1.165, 1.54) is 10.4 Å². The molecule has 0 aliphatic heterocycles. The van der Waals surface area contributed by atoms with Crippen LogP contribution in [-0.2, 0) is 11.3 Å². The second-order valence-electron chi connectivity index (χ2n) is 4.55. The Morgan fingerprint density at radius 3 is 2.80 bits per heavy atom. The number of aryl methyl sites for hydroxylation is 1. The van der Waals surface area contributed by atoms with Crippen LogP contribution in [0.4, 0.5) is 5.82 Å². The van der Waals surface area contributed by atoms with Gasteiger partial charge in [-0.1, -0.05) is 6.92 Å². The van der Waals surface area contributed by atoms with Crippen molar-refractivity contribution in [2.24, 2.45) is 0 Å². The number of ether oxygens (including phenoxy) is 1. The van der Waals surface area contributed by atoms with Crippen molar-refractivity contribution in [3.63, 3.8) is 0 Å². The van der Waals surface area contributed by atoms with Crippen molar-refractivity contribution >= 4 is 17.2 Å². The summed E-state index contributed by atoms with van der Waals surface area (Å²) in [6, 6.07) is 4.13. The third-order valence-electron chi connectivity index (χ3n) is 2.86. The van der Waals surface area contributed by atoms with E-state index in [9.17, 15) is 0 Å². The van der Waals surface area contributed by atoms with Gasteiger partial charge in [0.1, 0.15) is 12.4 Å². The number of aromatic nitrogens is 2. The number of anilines is 1. The highest BCUT2D eigenvalue weighted by Crippen LogP contribution is 2.28. The van der Waals surface area contributed by atoms with Crippen LogP contribution >= 0.6 is 11.3 Å². The Morgan fingerprint density at radius 1 is 1.30 bits per heavy atom. The molecule has 0 fully saturated rings. The SMILES string of the molecule is CCCNc1cc(-c2sccc2C)nc(COCC)n1. The van der Waals surface area contributed by atoms with Crippen molar-refractivity contribution in [3.8, 4) is 10.6 Å². The molecule has 0 atom stereocenters. The largest absolute Gasteiger partial charge is 0.374 e. The summed E-state index contributed by atoms with van der Waals surface area (Å²) in [7, 11) is 0. The van der Waals surface area contributed by atoms with Crippen LogP contribution in [0.5, 0.6) is 0 Å². The van der Waals surface area contributed by atoms with Gasteiger partial charge >= 0.3 is 0 Å². The van der Waals surface area contributed by atoms with Gasteiger partial charge in [-0.15, -0.1) is 11.3 Å². The van der Waals surface area contributed by atoms with Crippen LogP contribution in [0.2, 0.25) is 0 Å². The lowest BCUT2D eigenvalue weighted by molar-refractivity contribution is 0.128. The quantitative estimate of drug-likeness (QED) is 0.841. The highest BCUT2D eigenvalue weighted by atomic mass is 32.1. The smallest absolute Gasteiger partial charge is 0.157 e. The van der Waals surface area contributed by atoms with Crippen LogP contribution < -0.4 is 5.32 Å². The maximum atomic E-state index is 5.43. The van der Waals surface area contributed by atoms with Crippen LogP contribution in [0.25, 0.3) is 10.6 Å². The van der Waals surface area contributed by atoms with E-state index in [4.69, 9.17) is 4.74 Å². The van der Waals surface area contributed by atoms with E-state index in [-0.39, 0.29) is 0 Å². The molecule has 0 bridgehead atoms. The van der Waals surface area contributed by atoms with E-state index >= 15 is 0 Å². The molecule has 20 heavy (non-hydrogen) atoms. The molecule has 4 nitrogen and oxygen atoms in total. The average Bonchev–Trinajstić information content (AvgIpc) is 2.89. The van der Waals surface area contributed by atoms with Crippen molar-refractivity contribution in [2.75, 3.05) is 18.5 Å². The Kier molecular flexibility index (Phi) is 5.49. The minimum absolute atomic E-state index is 0.454. The molecule has 0 aliphatic carbocycles. The minimum Gasteiger partial charge on any atom is -0.374 e. The lowest BCUT2D eigenvalue weighted by Gasteiger charge is -2.09. The van der Waals surface area contributed by atoms with Crippen LogP contribution in [0, 0.1) is 6.92 Å². The molecular weight excluding hydrogens is 270 g/mol. The fraction of sp³-hybridized carbons (Fsp3) is 0.467. The minimum atomic E-state index is 0.454. The monoisotopic (exact) mass is 291 g/mol. The zero-order valence-electron chi connectivity index (χ0n) is 12.3.